The number of hydrogen-bond acceptors (Lipinski definition) is 2. The van der Waals surface area contributed by atoms with Gasteiger partial charge in [-0.1, -0.05) is 36.4 Å². The van der Waals surface area contributed by atoms with Crippen LogP contribution >= 0.6 is 0 Å². The van der Waals surface area contributed by atoms with Crippen LogP contribution in [0.3, 0.4) is 0 Å². The molecule has 1 heterocycles. The Morgan fingerprint density at radius 3 is 2.67 bits per heavy atom. The minimum Gasteiger partial charge on any atom is -0.489 e. The third-order valence-corrected chi connectivity index (χ3v) is 3.28. The molecule has 0 aliphatic heterocycles. The van der Waals surface area contributed by atoms with Crippen molar-refractivity contribution in [2.24, 2.45) is 0 Å². The topological polar surface area (TPSA) is 27.1 Å². The van der Waals surface area contributed by atoms with Crippen LogP contribution < -0.4 is 4.74 Å². The van der Waals surface area contributed by atoms with Crippen LogP contribution in [0.1, 0.15) is 16.7 Å². The average molecular weight is 278 g/mol. The van der Waals surface area contributed by atoms with Crippen molar-refractivity contribution in [2.75, 3.05) is 0 Å². The van der Waals surface area contributed by atoms with Crippen LogP contribution in [0.4, 0.5) is 0 Å². The zero-order valence-electron chi connectivity index (χ0n) is 12.1. The van der Waals surface area contributed by atoms with Gasteiger partial charge in [-0.2, -0.15) is 0 Å². The van der Waals surface area contributed by atoms with Gasteiger partial charge in [-0.3, -0.25) is 0 Å². The highest BCUT2D eigenvalue weighted by molar-refractivity contribution is 5.34. The number of nitrogens with zero attached hydrogens (tertiary/aromatic N) is 2. The molecular formula is C18H18N2O. The van der Waals surface area contributed by atoms with Crippen molar-refractivity contribution in [1.82, 2.24) is 9.55 Å². The van der Waals surface area contributed by atoms with Gasteiger partial charge < -0.3 is 9.30 Å². The molecule has 3 nitrogen and oxygen atoms in total. The summed E-state index contributed by atoms with van der Waals surface area (Å²) < 4.78 is 7.96. The Morgan fingerprint density at radius 2 is 1.90 bits per heavy atom. The van der Waals surface area contributed by atoms with E-state index >= 15 is 0 Å². The molecular weight excluding hydrogens is 260 g/mol. The fourth-order valence-corrected chi connectivity index (χ4v) is 2.33. The molecule has 0 fully saturated rings. The summed E-state index contributed by atoms with van der Waals surface area (Å²) in [5.41, 5.74) is 3.60. The summed E-state index contributed by atoms with van der Waals surface area (Å²) in [6.45, 7) is 3.49. The lowest BCUT2D eigenvalue weighted by Crippen LogP contribution is -1.99. The highest BCUT2D eigenvalue weighted by Gasteiger charge is 2.02. The van der Waals surface area contributed by atoms with Crippen LogP contribution in [0.2, 0.25) is 0 Å². The number of rotatable bonds is 5. The van der Waals surface area contributed by atoms with E-state index < -0.39 is 0 Å². The molecule has 0 amide bonds. The van der Waals surface area contributed by atoms with E-state index in [1.807, 2.05) is 30.7 Å². The lowest BCUT2D eigenvalue weighted by molar-refractivity contribution is 0.305. The van der Waals surface area contributed by atoms with Gasteiger partial charge in [0.1, 0.15) is 12.4 Å². The lowest BCUT2D eigenvalue weighted by Gasteiger charge is -2.10. The van der Waals surface area contributed by atoms with Crippen LogP contribution in [0.15, 0.2) is 67.3 Å². The third-order valence-electron chi connectivity index (χ3n) is 3.28. The second-order valence-electron chi connectivity index (χ2n) is 5.16. The first-order valence-electron chi connectivity index (χ1n) is 7.02. The molecule has 106 valence electrons. The number of aryl methyl sites for hydroxylation is 1. The zero-order valence-corrected chi connectivity index (χ0v) is 12.1. The SMILES string of the molecule is Cc1cc(Cn2ccnc2)cc(OCc2ccccc2)c1. The maximum absolute atomic E-state index is 5.91. The molecule has 0 spiro atoms. The highest BCUT2D eigenvalue weighted by atomic mass is 16.5. The third kappa shape index (κ3) is 3.72. The Morgan fingerprint density at radius 1 is 1.05 bits per heavy atom. The van der Waals surface area contributed by atoms with E-state index in [4.69, 9.17) is 4.74 Å². The van der Waals surface area contributed by atoms with Crippen LogP contribution in [0.25, 0.3) is 0 Å². The van der Waals surface area contributed by atoms with E-state index in [-0.39, 0.29) is 0 Å². The Kier molecular flexibility index (Phi) is 4.01. The maximum Gasteiger partial charge on any atom is 0.120 e. The van der Waals surface area contributed by atoms with Gasteiger partial charge in [0.05, 0.1) is 6.33 Å². The second-order valence-corrected chi connectivity index (χ2v) is 5.16. The summed E-state index contributed by atoms with van der Waals surface area (Å²) in [6, 6.07) is 16.5. The molecule has 0 saturated heterocycles. The van der Waals surface area contributed by atoms with Gasteiger partial charge in [0.25, 0.3) is 0 Å². The Balaban J connectivity index is 1.72. The summed E-state index contributed by atoms with van der Waals surface area (Å²) in [6.07, 6.45) is 5.59. The van der Waals surface area contributed by atoms with E-state index in [0.29, 0.717) is 6.61 Å². The lowest BCUT2D eigenvalue weighted by atomic mass is 10.1. The second kappa shape index (κ2) is 6.27. The predicted molar refractivity (Wildman–Crippen MR) is 83.3 cm³/mol. The van der Waals surface area contributed by atoms with Crippen molar-refractivity contribution in [3.63, 3.8) is 0 Å². The Bertz CT molecular complexity index is 691. The first kappa shape index (κ1) is 13.4. The van der Waals surface area contributed by atoms with Crippen molar-refractivity contribution in [3.05, 3.63) is 83.9 Å². The summed E-state index contributed by atoms with van der Waals surface area (Å²) in [4.78, 5) is 4.07. The molecule has 0 unspecified atom stereocenters. The minimum absolute atomic E-state index is 0.592. The molecule has 0 atom stereocenters. The summed E-state index contributed by atoms with van der Waals surface area (Å²) in [5, 5.41) is 0. The fraction of sp³-hybridized carbons (Fsp3) is 0.167. The van der Waals surface area contributed by atoms with E-state index in [2.05, 4.69) is 46.8 Å². The first-order valence-corrected chi connectivity index (χ1v) is 7.02. The molecule has 0 aliphatic carbocycles. The number of aromatic nitrogens is 2. The monoisotopic (exact) mass is 278 g/mol. The Labute approximate surface area is 124 Å². The minimum atomic E-state index is 0.592. The number of benzene rings is 2. The van der Waals surface area contributed by atoms with Crippen LogP contribution in [-0.2, 0) is 13.2 Å². The molecule has 1 aromatic heterocycles. The molecule has 3 rings (SSSR count). The van der Waals surface area contributed by atoms with Crippen molar-refractivity contribution in [2.45, 2.75) is 20.1 Å². The molecule has 0 radical (unpaired) electrons. The van der Waals surface area contributed by atoms with E-state index in [0.717, 1.165) is 12.3 Å². The van der Waals surface area contributed by atoms with Crippen molar-refractivity contribution < 1.29 is 4.74 Å². The molecule has 3 heteroatoms. The van der Waals surface area contributed by atoms with Gasteiger partial charge in [0, 0.05) is 18.9 Å². The first-order chi connectivity index (χ1) is 10.3. The summed E-state index contributed by atoms with van der Waals surface area (Å²) in [5.74, 6) is 0.911. The van der Waals surface area contributed by atoms with Crippen LogP contribution in [0.5, 0.6) is 5.75 Å². The van der Waals surface area contributed by atoms with Gasteiger partial charge >= 0.3 is 0 Å². The van der Waals surface area contributed by atoms with E-state index in [1.54, 1.807) is 6.20 Å². The van der Waals surface area contributed by atoms with E-state index in [1.165, 1.54) is 16.7 Å². The fourth-order valence-electron chi connectivity index (χ4n) is 2.33. The molecule has 0 aliphatic rings. The predicted octanol–water partition coefficient (Wildman–Crippen LogP) is 3.82. The molecule has 2 aromatic carbocycles. The van der Waals surface area contributed by atoms with Gasteiger partial charge in [-0.25, -0.2) is 4.98 Å². The number of hydrogen-bond donors (Lipinski definition) is 0. The standard InChI is InChI=1S/C18H18N2O/c1-15-9-17(12-20-8-7-19-14-20)11-18(10-15)21-13-16-5-3-2-4-6-16/h2-11,14H,12-13H2,1H3. The molecule has 0 bridgehead atoms. The normalized spacial score (nSPS) is 10.5. The average Bonchev–Trinajstić information content (AvgIpc) is 2.99. The number of imidazole rings is 1. The molecule has 3 aromatic rings. The van der Waals surface area contributed by atoms with Crippen LogP contribution in [-0.4, -0.2) is 9.55 Å². The van der Waals surface area contributed by atoms with Crippen molar-refractivity contribution >= 4 is 0 Å². The number of ether oxygens (including phenoxy) is 1. The van der Waals surface area contributed by atoms with Gasteiger partial charge in [0.2, 0.25) is 0 Å². The largest absolute Gasteiger partial charge is 0.489 e. The quantitative estimate of drug-likeness (QED) is 0.709. The van der Waals surface area contributed by atoms with Gasteiger partial charge in [-0.15, -0.1) is 0 Å². The molecule has 21 heavy (non-hydrogen) atoms. The molecule has 0 N–H and O–H groups in total. The smallest absolute Gasteiger partial charge is 0.120 e. The zero-order chi connectivity index (χ0) is 14.5. The molecule has 0 saturated carbocycles. The Hall–Kier alpha value is -2.55. The summed E-state index contributed by atoms with van der Waals surface area (Å²) >= 11 is 0. The van der Waals surface area contributed by atoms with Crippen molar-refractivity contribution in [1.29, 1.82) is 0 Å². The van der Waals surface area contributed by atoms with Crippen molar-refractivity contribution in [3.8, 4) is 5.75 Å². The summed E-state index contributed by atoms with van der Waals surface area (Å²) in [7, 11) is 0. The van der Waals surface area contributed by atoms with Crippen LogP contribution in [0, 0.1) is 6.92 Å². The van der Waals surface area contributed by atoms with Gasteiger partial charge in [-0.05, 0) is 35.7 Å². The van der Waals surface area contributed by atoms with Gasteiger partial charge in [0.15, 0.2) is 0 Å². The maximum atomic E-state index is 5.91. The van der Waals surface area contributed by atoms with E-state index in [9.17, 15) is 0 Å². The highest BCUT2D eigenvalue weighted by Crippen LogP contribution is 2.19.